The van der Waals surface area contributed by atoms with Crippen LogP contribution >= 0.6 is 0 Å². The molecule has 1 aromatic rings. The third-order valence-electron chi connectivity index (χ3n) is 3.66. The summed E-state index contributed by atoms with van der Waals surface area (Å²) >= 11 is 0. The van der Waals surface area contributed by atoms with E-state index in [1.807, 2.05) is 6.07 Å². The number of fused-ring (bicyclic) bond motifs is 2. The highest BCUT2D eigenvalue weighted by atomic mass is 19.1. The first-order valence-electron chi connectivity index (χ1n) is 5.95. The van der Waals surface area contributed by atoms with Crippen LogP contribution in [-0.2, 0) is 0 Å². The van der Waals surface area contributed by atoms with E-state index in [9.17, 15) is 4.39 Å². The fraction of sp³-hybridized carbons (Fsp3) is 0.583. The van der Waals surface area contributed by atoms with Crippen molar-refractivity contribution < 1.29 is 4.39 Å². The predicted octanol–water partition coefficient (Wildman–Crippen LogP) is 1.55. The molecule has 2 saturated heterocycles. The molecule has 2 aliphatic rings. The molecule has 2 fully saturated rings. The van der Waals surface area contributed by atoms with Gasteiger partial charge in [0, 0.05) is 18.6 Å². The van der Waals surface area contributed by atoms with E-state index in [1.54, 1.807) is 6.20 Å². The normalized spacial score (nSPS) is 29.2. The van der Waals surface area contributed by atoms with Gasteiger partial charge in [-0.1, -0.05) is 0 Å². The molecule has 3 rings (SSSR count). The molecule has 1 N–H and O–H groups in total. The first-order chi connectivity index (χ1) is 7.84. The third kappa shape index (κ3) is 1.67. The quantitative estimate of drug-likeness (QED) is 0.729. The molecule has 16 heavy (non-hydrogen) atoms. The standard InChI is InChI=1S/C12H16FN3/c13-12-4-3-11(8-15-12)16-9-1-2-10(16)7-14-6-5-9/h3-4,8-10,14H,1-2,5-7H2/t9-,10+/m1/s1. The van der Waals surface area contributed by atoms with Crippen molar-refractivity contribution >= 4 is 5.69 Å². The van der Waals surface area contributed by atoms with Crippen LogP contribution in [-0.4, -0.2) is 30.2 Å². The van der Waals surface area contributed by atoms with Gasteiger partial charge in [-0.15, -0.1) is 0 Å². The summed E-state index contributed by atoms with van der Waals surface area (Å²) in [4.78, 5) is 6.18. The lowest BCUT2D eigenvalue weighted by atomic mass is 10.1. The number of rotatable bonds is 1. The SMILES string of the molecule is Fc1ccc(N2[C@H]3CCNC[C@@H]2CC3)cn1. The molecule has 2 bridgehead atoms. The topological polar surface area (TPSA) is 28.2 Å². The molecule has 0 unspecified atom stereocenters. The molecule has 86 valence electrons. The van der Waals surface area contributed by atoms with Gasteiger partial charge in [0.15, 0.2) is 0 Å². The minimum Gasteiger partial charge on any atom is -0.363 e. The van der Waals surface area contributed by atoms with Gasteiger partial charge in [-0.25, -0.2) is 4.98 Å². The van der Waals surface area contributed by atoms with Crippen molar-refractivity contribution in [1.82, 2.24) is 10.3 Å². The third-order valence-corrected chi connectivity index (χ3v) is 3.66. The van der Waals surface area contributed by atoms with Crippen molar-refractivity contribution in [2.75, 3.05) is 18.0 Å². The summed E-state index contributed by atoms with van der Waals surface area (Å²) in [7, 11) is 0. The minimum atomic E-state index is -0.399. The van der Waals surface area contributed by atoms with Crippen molar-refractivity contribution in [2.24, 2.45) is 0 Å². The summed E-state index contributed by atoms with van der Waals surface area (Å²) in [6.07, 6.45) is 5.32. The van der Waals surface area contributed by atoms with Crippen molar-refractivity contribution in [3.8, 4) is 0 Å². The van der Waals surface area contributed by atoms with Gasteiger partial charge >= 0.3 is 0 Å². The Kier molecular flexibility index (Phi) is 2.52. The molecule has 0 radical (unpaired) electrons. The number of aromatic nitrogens is 1. The van der Waals surface area contributed by atoms with Crippen LogP contribution in [0.15, 0.2) is 18.3 Å². The molecule has 0 amide bonds. The van der Waals surface area contributed by atoms with Crippen molar-refractivity contribution in [1.29, 1.82) is 0 Å². The van der Waals surface area contributed by atoms with Gasteiger partial charge in [0.1, 0.15) is 0 Å². The molecule has 1 aromatic heterocycles. The predicted molar refractivity (Wildman–Crippen MR) is 61.0 cm³/mol. The van der Waals surface area contributed by atoms with Gasteiger partial charge in [0.05, 0.1) is 11.9 Å². The van der Waals surface area contributed by atoms with E-state index in [1.165, 1.54) is 25.3 Å². The fourth-order valence-electron chi connectivity index (χ4n) is 2.92. The maximum Gasteiger partial charge on any atom is 0.212 e. The number of halogens is 1. The highest BCUT2D eigenvalue weighted by molar-refractivity contribution is 5.48. The number of nitrogens with zero attached hydrogens (tertiary/aromatic N) is 2. The molecule has 3 nitrogen and oxygen atoms in total. The van der Waals surface area contributed by atoms with Gasteiger partial charge in [-0.05, 0) is 37.9 Å². The van der Waals surface area contributed by atoms with E-state index < -0.39 is 5.95 Å². The van der Waals surface area contributed by atoms with E-state index in [2.05, 4.69) is 15.2 Å². The zero-order chi connectivity index (χ0) is 11.0. The molecular weight excluding hydrogens is 205 g/mol. The smallest absolute Gasteiger partial charge is 0.212 e. The van der Waals surface area contributed by atoms with Crippen LogP contribution in [0.1, 0.15) is 19.3 Å². The zero-order valence-electron chi connectivity index (χ0n) is 9.19. The Morgan fingerprint density at radius 3 is 2.94 bits per heavy atom. The summed E-state index contributed by atoms with van der Waals surface area (Å²) < 4.78 is 12.8. The molecule has 2 atom stereocenters. The molecule has 0 saturated carbocycles. The van der Waals surface area contributed by atoms with Crippen molar-refractivity contribution in [3.63, 3.8) is 0 Å². The number of anilines is 1. The molecule has 2 aliphatic heterocycles. The molecule has 0 spiro atoms. The fourth-order valence-corrected chi connectivity index (χ4v) is 2.92. The second kappa shape index (κ2) is 4.01. The summed E-state index contributed by atoms with van der Waals surface area (Å²) in [5.74, 6) is -0.399. The lowest BCUT2D eigenvalue weighted by Crippen LogP contribution is -2.38. The van der Waals surface area contributed by atoms with Crippen LogP contribution in [0.25, 0.3) is 0 Å². The Bertz CT molecular complexity index is 351. The molecule has 0 aromatic carbocycles. The average Bonchev–Trinajstić information content (AvgIpc) is 2.53. The van der Waals surface area contributed by atoms with Gasteiger partial charge < -0.3 is 10.2 Å². The average molecular weight is 221 g/mol. The van der Waals surface area contributed by atoms with E-state index in [-0.39, 0.29) is 0 Å². The minimum absolute atomic E-state index is 0.399. The Balaban J connectivity index is 1.90. The zero-order valence-corrected chi connectivity index (χ0v) is 9.19. The summed E-state index contributed by atoms with van der Waals surface area (Å²) in [5.41, 5.74) is 1.07. The number of hydrogen-bond donors (Lipinski definition) is 1. The van der Waals surface area contributed by atoms with Gasteiger partial charge in [0.2, 0.25) is 5.95 Å². The van der Waals surface area contributed by atoms with Crippen LogP contribution in [0.5, 0.6) is 0 Å². The first kappa shape index (κ1) is 10.0. The first-order valence-corrected chi connectivity index (χ1v) is 5.95. The summed E-state index contributed by atoms with van der Waals surface area (Å²) in [6.45, 7) is 2.13. The Labute approximate surface area is 94.7 Å². The molecular formula is C12H16FN3. The van der Waals surface area contributed by atoms with E-state index in [0.717, 1.165) is 18.8 Å². The number of nitrogens with one attached hydrogen (secondary N) is 1. The second-order valence-corrected chi connectivity index (χ2v) is 4.62. The van der Waals surface area contributed by atoms with Crippen LogP contribution in [0.3, 0.4) is 0 Å². The maximum absolute atomic E-state index is 12.8. The van der Waals surface area contributed by atoms with Crippen LogP contribution in [0, 0.1) is 5.95 Å². The summed E-state index contributed by atoms with van der Waals surface area (Å²) in [5, 5.41) is 3.45. The van der Waals surface area contributed by atoms with Crippen molar-refractivity contribution in [2.45, 2.75) is 31.3 Å². The van der Waals surface area contributed by atoms with Crippen molar-refractivity contribution in [3.05, 3.63) is 24.3 Å². The highest BCUT2D eigenvalue weighted by Gasteiger charge is 2.34. The lowest BCUT2D eigenvalue weighted by Gasteiger charge is -2.29. The Hall–Kier alpha value is -1.16. The maximum atomic E-state index is 12.8. The summed E-state index contributed by atoms with van der Waals surface area (Å²) in [6, 6.07) is 4.46. The number of pyridine rings is 1. The molecule has 0 aliphatic carbocycles. The lowest BCUT2D eigenvalue weighted by molar-refractivity contribution is 0.567. The molecule has 4 heteroatoms. The van der Waals surface area contributed by atoms with Gasteiger partial charge in [-0.2, -0.15) is 4.39 Å². The van der Waals surface area contributed by atoms with E-state index in [0.29, 0.717) is 12.1 Å². The van der Waals surface area contributed by atoms with Crippen LogP contribution < -0.4 is 10.2 Å². The van der Waals surface area contributed by atoms with E-state index in [4.69, 9.17) is 0 Å². The second-order valence-electron chi connectivity index (χ2n) is 4.62. The molecule has 3 heterocycles. The van der Waals surface area contributed by atoms with Crippen LogP contribution in [0.4, 0.5) is 10.1 Å². The van der Waals surface area contributed by atoms with Gasteiger partial charge in [-0.3, -0.25) is 0 Å². The van der Waals surface area contributed by atoms with E-state index >= 15 is 0 Å². The Morgan fingerprint density at radius 1 is 1.25 bits per heavy atom. The number of hydrogen-bond acceptors (Lipinski definition) is 3. The van der Waals surface area contributed by atoms with Gasteiger partial charge in [0.25, 0.3) is 0 Å². The van der Waals surface area contributed by atoms with Crippen LogP contribution in [0.2, 0.25) is 0 Å². The Morgan fingerprint density at radius 2 is 2.12 bits per heavy atom. The highest BCUT2D eigenvalue weighted by Crippen LogP contribution is 2.32. The largest absolute Gasteiger partial charge is 0.363 e. The monoisotopic (exact) mass is 221 g/mol.